The van der Waals surface area contributed by atoms with Crippen LogP contribution >= 0.6 is 0 Å². The molecule has 1 saturated carbocycles. The van der Waals surface area contributed by atoms with Crippen LogP contribution in [0.4, 0.5) is 0 Å². The first-order valence-electron chi connectivity index (χ1n) is 10.3. The first kappa shape index (κ1) is 17.7. The Bertz CT molecular complexity index is 316. The van der Waals surface area contributed by atoms with Crippen LogP contribution in [0, 0.1) is 5.92 Å². The minimum Gasteiger partial charge on any atom is -0.315 e. The predicted molar refractivity (Wildman–Crippen MR) is 98.0 cm³/mol. The summed E-state index contributed by atoms with van der Waals surface area (Å²) < 4.78 is 0. The highest BCUT2D eigenvalue weighted by atomic mass is 15.2. The minimum atomic E-state index is 0.985. The Labute approximate surface area is 143 Å². The average molecular weight is 323 g/mol. The Morgan fingerprint density at radius 2 is 1.35 bits per heavy atom. The van der Waals surface area contributed by atoms with Gasteiger partial charge in [-0.2, -0.15) is 0 Å². The summed E-state index contributed by atoms with van der Waals surface area (Å²) in [5.41, 5.74) is 0. The van der Waals surface area contributed by atoms with E-state index in [4.69, 9.17) is 0 Å². The summed E-state index contributed by atoms with van der Waals surface area (Å²) in [7, 11) is 0. The molecule has 134 valence electrons. The van der Waals surface area contributed by atoms with E-state index in [9.17, 15) is 0 Å². The average Bonchev–Trinajstić information content (AvgIpc) is 2.59. The van der Waals surface area contributed by atoms with Crippen molar-refractivity contribution in [1.29, 1.82) is 0 Å². The van der Waals surface area contributed by atoms with E-state index in [-0.39, 0.29) is 0 Å². The summed E-state index contributed by atoms with van der Waals surface area (Å²) in [5.74, 6) is 0.985. The maximum atomic E-state index is 3.61. The van der Waals surface area contributed by atoms with Crippen LogP contribution in [-0.2, 0) is 0 Å². The zero-order valence-electron chi connectivity index (χ0n) is 15.1. The van der Waals surface area contributed by atoms with Crippen molar-refractivity contribution in [2.45, 2.75) is 44.9 Å². The van der Waals surface area contributed by atoms with Crippen LogP contribution < -0.4 is 5.32 Å². The summed E-state index contributed by atoms with van der Waals surface area (Å²) in [6, 6.07) is 0. The van der Waals surface area contributed by atoms with Gasteiger partial charge in [-0.05, 0) is 57.8 Å². The van der Waals surface area contributed by atoms with Crippen LogP contribution in [0.3, 0.4) is 0 Å². The molecule has 0 spiro atoms. The summed E-state index contributed by atoms with van der Waals surface area (Å²) in [6.45, 7) is 14.0. The molecule has 1 N–H and O–H groups in total. The molecule has 2 bridgehead atoms. The molecule has 3 rings (SSSR count). The predicted octanol–water partition coefficient (Wildman–Crippen LogP) is 1.87. The van der Waals surface area contributed by atoms with Gasteiger partial charge >= 0.3 is 0 Å². The first-order chi connectivity index (χ1) is 11.4. The lowest BCUT2D eigenvalue weighted by atomic mass is 9.89. The van der Waals surface area contributed by atoms with E-state index in [2.05, 4.69) is 20.0 Å². The minimum absolute atomic E-state index is 0.985. The Hall–Kier alpha value is -0.160. The fraction of sp³-hybridized carbons (Fsp3) is 1.00. The number of hydrogen-bond acceptors (Lipinski definition) is 4. The Kier molecular flexibility index (Phi) is 7.66. The van der Waals surface area contributed by atoms with Crippen molar-refractivity contribution in [2.24, 2.45) is 5.92 Å². The Morgan fingerprint density at radius 1 is 0.609 bits per heavy atom. The van der Waals surface area contributed by atoms with Crippen LogP contribution in [0.2, 0.25) is 0 Å². The lowest BCUT2D eigenvalue weighted by Gasteiger charge is -2.35. The molecule has 1 aliphatic carbocycles. The zero-order valence-corrected chi connectivity index (χ0v) is 15.1. The highest BCUT2D eigenvalue weighted by Crippen LogP contribution is 2.24. The van der Waals surface area contributed by atoms with Crippen LogP contribution in [0.25, 0.3) is 0 Å². The summed E-state index contributed by atoms with van der Waals surface area (Å²) in [6.07, 6.45) is 10.1. The first-order valence-corrected chi connectivity index (χ1v) is 10.3. The number of hydrogen-bond donors (Lipinski definition) is 1. The third kappa shape index (κ3) is 6.33. The van der Waals surface area contributed by atoms with Crippen molar-refractivity contribution in [3.05, 3.63) is 0 Å². The van der Waals surface area contributed by atoms with Gasteiger partial charge in [0.15, 0.2) is 0 Å². The molecule has 4 heteroatoms. The van der Waals surface area contributed by atoms with Crippen molar-refractivity contribution in [2.75, 3.05) is 72.0 Å². The molecule has 23 heavy (non-hydrogen) atoms. The molecule has 2 heterocycles. The van der Waals surface area contributed by atoms with Crippen molar-refractivity contribution >= 4 is 0 Å². The monoisotopic (exact) mass is 322 g/mol. The third-order valence-electron chi connectivity index (χ3n) is 6.09. The molecule has 0 radical (unpaired) electrons. The quantitative estimate of drug-likeness (QED) is 0.838. The van der Waals surface area contributed by atoms with Crippen molar-refractivity contribution < 1.29 is 0 Å². The molecule has 2 atom stereocenters. The fourth-order valence-electron chi connectivity index (χ4n) is 4.57. The molecule has 0 aromatic heterocycles. The van der Waals surface area contributed by atoms with Crippen LogP contribution in [-0.4, -0.2) is 86.7 Å². The summed E-state index contributed by atoms with van der Waals surface area (Å²) in [4.78, 5) is 8.21. The summed E-state index contributed by atoms with van der Waals surface area (Å²) in [5, 5.41) is 3.61. The van der Waals surface area contributed by atoms with E-state index in [1.54, 1.807) is 0 Å². The van der Waals surface area contributed by atoms with Crippen LogP contribution in [0.15, 0.2) is 0 Å². The van der Waals surface area contributed by atoms with Gasteiger partial charge < -0.3 is 20.0 Å². The van der Waals surface area contributed by atoms with Gasteiger partial charge in [0.2, 0.25) is 0 Å². The molecule has 4 nitrogen and oxygen atoms in total. The molecular formula is C19H38N4. The van der Waals surface area contributed by atoms with Crippen molar-refractivity contribution in [3.63, 3.8) is 0 Å². The number of rotatable bonds is 2. The van der Waals surface area contributed by atoms with Gasteiger partial charge in [-0.15, -0.1) is 0 Å². The molecule has 0 amide bonds. The maximum absolute atomic E-state index is 3.61. The molecule has 2 aliphatic heterocycles. The Balaban J connectivity index is 1.54. The second kappa shape index (κ2) is 9.97. The second-order valence-electron chi connectivity index (χ2n) is 7.95. The number of nitrogens with one attached hydrogen (secondary N) is 1. The number of nitrogens with zero attached hydrogens (tertiary/aromatic N) is 3. The summed E-state index contributed by atoms with van der Waals surface area (Å²) >= 11 is 0. The largest absolute Gasteiger partial charge is 0.315 e. The van der Waals surface area contributed by atoms with Gasteiger partial charge in [0.1, 0.15) is 0 Å². The van der Waals surface area contributed by atoms with Crippen LogP contribution in [0.1, 0.15) is 44.9 Å². The van der Waals surface area contributed by atoms with Gasteiger partial charge in [0, 0.05) is 45.8 Å². The number of fused-ring (bicyclic) bond motifs is 3. The smallest absolute Gasteiger partial charge is 0.0110 e. The lowest BCUT2D eigenvalue weighted by molar-refractivity contribution is 0.128. The topological polar surface area (TPSA) is 21.8 Å². The van der Waals surface area contributed by atoms with E-state index in [1.165, 1.54) is 117 Å². The van der Waals surface area contributed by atoms with E-state index in [0.29, 0.717) is 0 Å². The SMILES string of the molecule is C1CCC(CN2CCCN3CCNCCCN(CC3)CC2)CC1. The van der Waals surface area contributed by atoms with E-state index in [0.717, 1.165) is 5.92 Å². The maximum Gasteiger partial charge on any atom is 0.0110 e. The molecular weight excluding hydrogens is 284 g/mol. The normalized spacial score (nSPS) is 33.4. The highest BCUT2D eigenvalue weighted by molar-refractivity contribution is 4.75. The molecule has 2 saturated heterocycles. The van der Waals surface area contributed by atoms with Gasteiger partial charge in [0.05, 0.1) is 0 Å². The van der Waals surface area contributed by atoms with E-state index < -0.39 is 0 Å². The third-order valence-corrected chi connectivity index (χ3v) is 6.09. The van der Waals surface area contributed by atoms with Crippen molar-refractivity contribution in [3.8, 4) is 0 Å². The zero-order chi connectivity index (χ0) is 15.7. The van der Waals surface area contributed by atoms with Crippen molar-refractivity contribution in [1.82, 2.24) is 20.0 Å². The van der Waals surface area contributed by atoms with Gasteiger partial charge in [0.25, 0.3) is 0 Å². The highest BCUT2D eigenvalue weighted by Gasteiger charge is 2.20. The molecule has 0 aromatic carbocycles. The molecule has 3 fully saturated rings. The second-order valence-corrected chi connectivity index (χ2v) is 7.95. The van der Waals surface area contributed by atoms with E-state index in [1.807, 2.05) is 0 Å². The van der Waals surface area contributed by atoms with Gasteiger partial charge in [-0.25, -0.2) is 0 Å². The van der Waals surface area contributed by atoms with Gasteiger partial charge in [-0.3, -0.25) is 0 Å². The molecule has 0 aromatic rings. The molecule has 3 aliphatic rings. The van der Waals surface area contributed by atoms with Crippen LogP contribution in [0.5, 0.6) is 0 Å². The standard InChI is InChI=1S/C19H38N4/c1-2-6-19(7-3-1)18-23-12-5-11-21-13-9-20-8-4-10-22(15-14-21)16-17-23/h19-20H,1-18H2. The van der Waals surface area contributed by atoms with E-state index >= 15 is 0 Å². The molecule has 2 unspecified atom stereocenters. The van der Waals surface area contributed by atoms with Gasteiger partial charge in [-0.1, -0.05) is 19.3 Å². The fourth-order valence-corrected chi connectivity index (χ4v) is 4.57. The Morgan fingerprint density at radius 3 is 2.22 bits per heavy atom. The lowest BCUT2D eigenvalue weighted by Crippen LogP contribution is -2.46.